The highest BCUT2D eigenvalue weighted by atomic mass is 32.1. The Balaban J connectivity index is 2.09. The molecule has 0 atom stereocenters. The van der Waals surface area contributed by atoms with Crippen molar-refractivity contribution in [1.82, 2.24) is 9.97 Å². The summed E-state index contributed by atoms with van der Waals surface area (Å²) in [5.41, 5.74) is 5.10. The van der Waals surface area contributed by atoms with Crippen molar-refractivity contribution in [3.05, 3.63) is 52.2 Å². The number of hydrogen-bond donors (Lipinski definition) is 2. The number of anilines is 1. The van der Waals surface area contributed by atoms with Crippen LogP contribution >= 0.6 is 11.3 Å². The molecule has 1 aromatic carbocycles. The number of benzene rings is 1. The van der Waals surface area contributed by atoms with E-state index in [1.807, 2.05) is 18.2 Å². The summed E-state index contributed by atoms with van der Waals surface area (Å²) in [7, 11) is 0. The van der Waals surface area contributed by atoms with Crippen molar-refractivity contribution in [2.75, 3.05) is 5.43 Å². The molecule has 4 nitrogen and oxygen atoms in total. The van der Waals surface area contributed by atoms with E-state index >= 15 is 0 Å². The van der Waals surface area contributed by atoms with E-state index in [0.29, 0.717) is 12.2 Å². The number of aryl methyl sites for hydroxylation is 2. The molecule has 0 unspecified atom stereocenters. The number of nitrogens with one attached hydrogen (secondary N) is 1. The van der Waals surface area contributed by atoms with Gasteiger partial charge in [0.1, 0.15) is 10.7 Å². The van der Waals surface area contributed by atoms with Gasteiger partial charge < -0.3 is 5.43 Å². The molecular weight excluding hydrogens is 268 g/mol. The van der Waals surface area contributed by atoms with E-state index in [1.54, 1.807) is 11.3 Å². The Hall–Kier alpha value is -1.98. The van der Waals surface area contributed by atoms with E-state index < -0.39 is 0 Å². The van der Waals surface area contributed by atoms with Gasteiger partial charge in [-0.25, -0.2) is 15.8 Å². The molecule has 0 amide bonds. The second-order valence-corrected chi connectivity index (χ2v) is 5.96. The predicted octanol–water partition coefficient (Wildman–Crippen LogP) is 3.18. The standard InChI is InChI=1S/C15H16N4S/c1-9-10(2)20-15-13(9)14(19-16)17-12(18-15)8-11-6-4-3-5-7-11/h3-7H,8,16H2,1-2H3,(H,17,18,19). The number of thiophene rings is 1. The molecule has 0 aliphatic rings. The first kappa shape index (κ1) is 13.0. The first-order chi connectivity index (χ1) is 9.69. The zero-order chi connectivity index (χ0) is 14.1. The second-order valence-electron chi connectivity index (χ2n) is 4.76. The van der Waals surface area contributed by atoms with E-state index in [0.717, 1.165) is 16.0 Å². The molecule has 0 saturated carbocycles. The molecular formula is C15H16N4S. The molecule has 0 fully saturated rings. The molecule has 0 aliphatic carbocycles. The molecule has 5 heteroatoms. The van der Waals surface area contributed by atoms with Gasteiger partial charge in [0.25, 0.3) is 0 Å². The lowest BCUT2D eigenvalue weighted by molar-refractivity contribution is 0.992. The molecule has 20 heavy (non-hydrogen) atoms. The summed E-state index contributed by atoms with van der Waals surface area (Å²) in [6.45, 7) is 4.17. The van der Waals surface area contributed by atoms with Gasteiger partial charge >= 0.3 is 0 Å². The van der Waals surface area contributed by atoms with Crippen molar-refractivity contribution < 1.29 is 0 Å². The zero-order valence-electron chi connectivity index (χ0n) is 11.5. The fraction of sp³-hybridized carbons (Fsp3) is 0.200. The minimum atomic E-state index is 0.710. The molecule has 0 saturated heterocycles. The van der Waals surface area contributed by atoms with E-state index in [9.17, 15) is 0 Å². The van der Waals surface area contributed by atoms with Gasteiger partial charge in [0, 0.05) is 11.3 Å². The van der Waals surface area contributed by atoms with E-state index in [2.05, 4.69) is 41.4 Å². The van der Waals surface area contributed by atoms with Crippen LogP contribution < -0.4 is 11.3 Å². The largest absolute Gasteiger partial charge is 0.308 e. The molecule has 3 rings (SSSR count). The summed E-state index contributed by atoms with van der Waals surface area (Å²) in [5.74, 6) is 7.12. The lowest BCUT2D eigenvalue weighted by Gasteiger charge is -2.06. The van der Waals surface area contributed by atoms with Crippen molar-refractivity contribution in [3.8, 4) is 0 Å². The summed E-state index contributed by atoms with van der Waals surface area (Å²) in [6.07, 6.45) is 0.710. The summed E-state index contributed by atoms with van der Waals surface area (Å²) in [5, 5.41) is 1.03. The molecule has 102 valence electrons. The van der Waals surface area contributed by atoms with Crippen LogP contribution in [0.25, 0.3) is 10.2 Å². The number of hydrazine groups is 1. The van der Waals surface area contributed by atoms with Crippen molar-refractivity contribution in [1.29, 1.82) is 0 Å². The van der Waals surface area contributed by atoms with Crippen LogP contribution in [-0.2, 0) is 6.42 Å². The predicted molar refractivity (Wildman–Crippen MR) is 83.9 cm³/mol. The topological polar surface area (TPSA) is 63.8 Å². The average Bonchev–Trinajstić information content (AvgIpc) is 2.74. The second kappa shape index (κ2) is 5.19. The Labute approximate surface area is 121 Å². The highest BCUT2D eigenvalue weighted by Gasteiger charge is 2.14. The minimum Gasteiger partial charge on any atom is -0.308 e. The van der Waals surface area contributed by atoms with Crippen molar-refractivity contribution >= 4 is 27.4 Å². The Kier molecular flexibility index (Phi) is 3.38. The Bertz CT molecular complexity index is 749. The van der Waals surface area contributed by atoms with Crippen LogP contribution in [0.2, 0.25) is 0 Å². The monoisotopic (exact) mass is 284 g/mol. The first-order valence-electron chi connectivity index (χ1n) is 6.46. The summed E-state index contributed by atoms with van der Waals surface area (Å²) in [4.78, 5) is 11.5. The average molecular weight is 284 g/mol. The Morgan fingerprint density at radius 1 is 1.15 bits per heavy atom. The van der Waals surface area contributed by atoms with Gasteiger partial charge in [0.05, 0.1) is 5.39 Å². The van der Waals surface area contributed by atoms with E-state index in [-0.39, 0.29) is 0 Å². The molecule has 0 bridgehead atoms. The maximum atomic E-state index is 5.62. The van der Waals surface area contributed by atoms with Crippen molar-refractivity contribution in [2.45, 2.75) is 20.3 Å². The number of rotatable bonds is 3. The zero-order valence-corrected chi connectivity index (χ0v) is 12.3. The van der Waals surface area contributed by atoms with Crippen LogP contribution in [0, 0.1) is 13.8 Å². The fourth-order valence-electron chi connectivity index (χ4n) is 2.26. The number of nitrogens with two attached hydrogens (primary N) is 1. The van der Waals surface area contributed by atoms with Gasteiger partial charge in [0.2, 0.25) is 0 Å². The van der Waals surface area contributed by atoms with Gasteiger partial charge in [-0.05, 0) is 25.0 Å². The molecule has 0 aliphatic heterocycles. The molecule has 3 N–H and O–H groups in total. The quantitative estimate of drug-likeness (QED) is 0.573. The van der Waals surface area contributed by atoms with Gasteiger partial charge in [-0.1, -0.05) is 30.3 Å². The van der Waals surface area contributed by atoms with E-state index in [1.165, 1.54) is 16.0 Å². The number of nitrogen functional groups attached to an aromatic ring is 1. The molecule has 0 radical (unpaired) electrons. The number of hydrogen-bond acceptors (Lipinski definition) is 5. The maximum absolute atomic E-state index is 5.62. The van der Waals surface area contributed by atoms with Gasteiger partial charge in [-0.2, -0.15) is 0 Å². The molecule has 2 aromatic heterocycles. The number of aromatic nitrogens is 2. The summed E-state index contributed by atoms with van der Waals surface area (Å²) < 4.78 is 0. The Morgan fingerprint density at radius 2 is 1.90 bits per heavy atom. The third-order valence-corrected chi connectivity index (χ3v) is 4.52. The molecule has 2 heterocycles. The normalized spacial score (nSPS) is 10.9. The van der Waals surface area contributed by atoms with Crippen molar-refractivity contribution in [2.24, 2.45) is 5.84 Å². The van der Waals surface area contributed by atoms with Crippen LogP contribution in [0.4, 0.5) is 5.82 Å². The van der Waals surface area contributed by atoms with Crippen LogP contribution in [0.15, 0.2) is 30.3 Å². The highest BCUT2D eigenvalue weighted by molar-refractivity contribution is 7.18. The summed E-state index contributed by atoms with van der Waals surface area (Å²) >= 11 is 1.69. The van der Waals surface area contributed by atoms with Crippen LogP contribution in [0.5, 0.6) is 0 Å². The molecule has 3 aromatic rings. The van der Waals surface area contributed by atoms with Gasteiger partial charge in [-0.3, -0.25) is 0 Å². The lowest BCUT2D eigenvalue weighted by Crippen LogP contribution is -2.11. The number of nitrogens with zero attached hydrogens (tertiary/aromatic N) is 2. The fourth-order valence-corrected chi connectivity index (χ4v) is 3.30. The van der Waals surface area contributed by atoms with E-state index in [4.69, 9.17) is 5.84 Å². The van der Waals surface area contributed by atoms with Crippen LogP contribution in [0.1, 0.15) is 21.8 Å². The SMILES string of the molecule is Cc1sc2nc(Cc3ccccc3)nc(NN)c2c1C. The Morgan fingerprint density at radius 3 is 2.60 bits per heavy atom. The van der Waals surface area contributed by atoms with Crippen LogP contribution in [0.3, 0.4) is 0 Å². The third kappa shape index (κ3) is 2.26. The highest BCUT2D eigenvalue weighted by Crippen LogP contribution is 2.33. The maximum Gasteiger partial charge on any atom is 0.152 e. The van der Waals surface area contributed by atoms with Crippen molar-refractivity contribution in [3.63, 3.8) is 0 Å². The minimum absolute atomic E-state index is 0.710. The smallest absolute Gasteiger partial charge is 0.152 e. The lowest BCUT2D eigenvalue weighted by atomic mass is 10.1. The van der Waals surface area contributed by atoms with Crippen LogP contribution in [-0.4, -0.2) is 9.97 Å². The number of fused-ring (bicyclic) bond motifs is 1. The summed E-state index contributed by atoms with van der Waals surface area (Å²) in [6, 6.07) is 10.2. The third-order valence-electron chi connectivity index (χ3n) is 3.42. The van der Waals surface area contributed by atoms with Gasteiger partial charge in [0.15, 0.2) is 5.82 Å². The first-order valence-corrected chi connectivity index (χ1v) is 7.28. The molecule has 0 spiro atoms. The van der Waals surface area contributed by atoms with Gasteiger partial charge in [-0.15, -0.1) is 11.3 Å².